The number of carboxylic acids is 1. The quantitative estimate of drug-likeness (QED) is 0.794. The number of hydrogen-bond acceptors (Lipinski definition) is 3. The molecule has 0 saturated carbocycles. The summed E-state index contributed by atoms with van der Waals surface area (Å²) >= 11 is 0. The van der Waals surface area contributed by atoms with Crippen LogP contribution in [-0.4, -0.2) is 36.2 Å². The Balaban J connectivity index is 2.01. The number of hydrogen-bond donors (Lipinski definition) is 2. The first-order valence-corrected chi connectivity index (χ1v) is 5.35. The lowest BCUT2D eigenvalue weighted by atomic mass is 10.0. The zero-order chi connectivity index (χ0) is 12.3. The number of nitrogens with one attached hydrogen (secondary N) is 1. The van der Waals surface area contributed by atoms with Crippen molar-refractivity contribution >= 4 is 11.9 Å². The smallest absolute Gasteiger partial charge is 0.335 e. The van der Waals surface area contributed by atoms with E-state index < -0.39 is 5.97 Å². The van der Waals surface area contributed by atoms with Gasteiger partial charge in [-0.05, 0) is 11.6 Å². The first-order valence-electron chi connectivity index (χ1n) is 5.35. The summed E-state index contributed by atoms with van der Waals surface area (Å²) in [6, 6.07) is 6.59. The van der Waals surface area contributed by atoms with Crippen molar-refractivity contribution in [2.45, 2.75) is 12.5 Å². The number of rotatable bonds is 4. The number of carbonyl (C=O) groups is 2. The van der Waals surface area contributed by atoms with E-state index in [9.17, 15) is 9.59 Å². The lowest BCUT2D eigenvalue weighted by Gasteiger charge is -2.26. The lowest BCUT2D eigenvalue weighted by molar-refractivity contribution is -0.124. The van der Waals surface area contributed by atoms with Gasteiger partial charge in [-0.3, -0.25) is 4.79 Å². The van der Waals surface area contributed by atoms with Crippen LogP contribution in [0.2, 0.25) is 0 Å². The summed E-state index contributed by atoms with van der Waals surface area (Å²) in [7, 11) is 0. The Hall–Kier alpha value is -1.88. The molecule has 0 spiro atoms. The number of benzene rings is 1. The predicted octanol–water partition coefficient (Wildman–Crippen LogP) is 0.442. The molecule has 0 aliphatic carbocycles. The molecule has 2 N–H and O–H groups in total. The van der Waals surface area contributed by atoms with Crippen molar-refractivity contribution in [1.29, 1.82) is 0 Å². The van der Waals surface area contributed by atoms with E-state index >= 15 is 0 Å². The normalized spacial score (nSPS) is 15.1. The minimum atomic E-state index is -1.01. The van der Waals surface area contributed by atoms with Gasteiger partial charge in [-0.2, -0.15) is 0 Å². The molecule has 1 fully saturated rings. The molecule has 1 aromatic rings. The van der Waals surface area contributed by atoms with E-state index in [1.807, 2.05) is 0 Å². The van der Waals surface area contributed by atoms with Crippen LogP contribution in [0.3, 0.4) is 0 Å². The highest BCUT2D eigenvalue weighted by atomic mass is 16.5. The Morgan fingerprint density at radius 3 is 2.65 bits per heavy atom. The summed E-state index contributed by atoms with van der Waals surface area (Å²) < 4.78 is 4.94. The summed E-state index contributed by atoms with van der Waals surface area (Å²) in [5.41, 5.74) is 0.699. The zero-order valence-electron chi connectivity index (χ0n) is 9.18. The molecule has 0 bridgehead atoms. The van der Waals surface area contributed by atoms with Gasteiger partial charge in [-0.25, -0.2) is 4.79 Å². The first kappa shape index (κ1) is 11.6. The number of amides is 1. The molecule has 5 heteroatoms. The fraction of sp³-hybridized carbons (Fsp3) is 0.333. The zero-order valence-corrected chi connectivity index (χ0v) is 9.18. The van der Waals surface area contributed by atoms with Crippen molar-refractivity contribution in [3.8, 4) is 0 Å². The van der Waals surface area contributed by atoms with Crippen LogP contribution < -0.4 is 5.32 Å². The van der Waals surface area contributed by atoms with Crippen molar-refractivity contribution < 1.29 is 19.4 Å². The molecular formula is C12H13NO4. The molecule has 17 heavy (non-hydrogen) atoms. The average molecular weight is 235 g/mol. The molecule has 1 saturated heterocycles. The van der Waals surface area contributed by atoms with Crippen molar-refractivity contribution in [3.05, 3.63) is 35.4 Å². The topological polar surface area (TPSA) is 75.6 Å². The van der Waals surface area contributed by atoms with Gasteiger partial charge in [0.2, 0.25) is 5.91 Å². The van der Waals surface area contributed by atoms with E-state index in [0.717, 1.165) is 0 Å². The number of carbonyl (C=O) groups excluding carboxylic acids is 1. The van der Waals surface area contributed by atoms with E-state index in [2.05, 4.69) is 5.32 Å². The third-order valence-corrected chi connectivity index (χ3v) is 2.60. The van der Waals surface area contributed by atoms with Crippen LogP contribution in [0.5, 0.6) is 0 Å². The highest BCUT2D eigenvalue weighted by Crippen LogP contribution is 2.10. The third-order valence-electron chi connectivity index (χ3n) is 2.60. The van der Waals surface area contributed by atoms with Gasteiger partial charge in [-0.15, -0.1) is 0 Å². The fourth-order valence-corrected chi connectivity index (χ4v) is 1.65. The van der Waals surface area contributed by atoms with Gasteiger partial charge in [0, 0.05) is 0 Å². The van der Waals surface area contributed by atoms with Crippen LogP contribution in [0, 0.1) is 0 Å². The molecule has 2 rings (SSSR count). The summed E-state index contributed by atoms with van der Waals surface area (Å²) in [6.07, 6.45) is 0.0823. The van der Waals surface area contributed by atoms with Gasteiger partial charge in [0.1, 0.15) is 0 Å². The van der Waals surface area contributed by atoms with Gasteiger partial charge in [0.05, 0.1) is 31.2 Å². The van der Waals surface area contributed by atoms with Gasteiger partial charge < -0.3 is 15.2 Å². The molecule has 1 aliphatic heterocycles. The van der Waals surface area contributed by atoms with Crippen LogP contribution in [0.25, 0.3) is 0 Å². The second kappa shape index (κ2) is 4.97. The Labute approximate surface area is 98.4 Å². The van der Waals surface area contributed by atoms with Crippen molar-refractivity contribution in [3.63, 3.8) is 0 Å². The van der Waals surface area contributed by atoms with E-state index in [1.165, 1.54) is 6.07 Å². The Bertz CT molecular complexity index is 440. The first-order chi connectivity index (χ1) is 8.16. The maximum atomic E-state index is 11.6. The molecule has 90 valence electrons. The predicted molar refractivity (Wildman–Crippen MR) is 59.9 cm³/mol. The summed E-state index contributed by atoms with van der Waals surface area (Å²) in [5, 5.41) is 11.7. The second-order valence-corrected chi connectivity index (χ2v) is 3.94. The van der Waals surface area contributed by atoms with Gasteiger partial charge in [0.15, 0.2) is 0 Å². The minimum Gasteiger partial charge on any atom is -0.478 e. The van der Waals surface area contributed by atoms with Crippen LogP contribution in [0.15, 0.2) is 24.3 Å². The SMILES string of the molecule is O=C(Cc1ccccc1C(=O)O)NC1COC1. The van der Waals surface area contributed by atoms with Crippen LogP contribution in [0.4, 0.5) is 0 Å². The van der Waals surface area contributed by atoms with Crippen LogP contribution >= 0.6 is 0 Å². The molecule has 1 aromatic carbocycles. The summed E-state index contributed by atoms with van der Waals surface area (Å²) in [6.45, 7) is 1.07. The highest BCUT2D eigenvalue weighted by molar-refractivity contribution is 5.91. The van der Waals surface area contributed by atoms with Crippen molar-refractivity contribution in [2.24, 2.45) is 0 Å². The van der Waals surface area contributed by atoms with Crippen LogP contribution in [0.1, 0.15) is 15.9 Å². The Kier molecular flexibility index (Phi) is 3.39. The van der Waals surface area contributed by atoms with Gasteiger partial charge in [0.25, 0.3) is 0 Å². The van der Waals surface area contributed by atoms with E-state index in [4.69, 9.17) is 9.84 Å². The maximum absolute atomic E-state index is 11.6. The standard InChI is InChI=1S/C12H13NO4/c14-11(13-9-6-17-7-9)5-8-3-1-2-4-10(8)12(15)16/h1-4,9H,5-7H2,(H,13,14)(H,15,16). The van der Waals surface area contributed by atoms with E-state index in [1.54, 1.807) is 18.2 Å². The van der Waals surface area contributed by atoms with Crippen molar-refractivity contribution in [1.82, 2.24) is 5.32 Å². The number of ether oxygens (including phenoxy) is 1. The van der Waals surface area contributed by atoms with Gasteiger partial charge >= 0.3 is 5.97 Å². The minimum absolute atomic E-state index is 0.0690. The van der Waals surface area contributed by atoms with E-state index in [-0.39, 0.29) is 23.9 Å². The van der Waals surface area contributed by atoms with Crippen molar-refractivity contribution in [2.75, 3.05) is 13.2 Å². The molecule has 0 unspecified atom stereocenters. The molecular weight excluding hydrogens is 222 g/mol. The molecule has 0 atom stereocenters. The second-order valence-electron chi connectivity index (χ2n) is 3.94. The molecule has 5 nitrogen and oxygen atoms in total. The fourth-order valence-electron chi connectivity index (χ4n) is 1.65. The number of carboxylic acid groups (broad SMARTS) is 1. The molecule has 1 amide bonds. The molecule has 1 aliphatic rings. The van der Waals surface area contributed by atoms with E-state index in [0.29, 0.717) is 18.8 Å². The third kappa shape index (κ3) is 2.82. The molecule has 1 heterocycles. The highest BCUT2D eigenvalue weighted by Gasteiger charge is 2.21. The molecule has 0 aromatic heterocycles. The van der Waals surface area contributed by atoms with Gasteiger partial charge in [-0.1, -0.05) is 18.2 Å². The van der Waals surface area contributed by atoms with Crippen LogP contribution in [-0.2, 0) is 16.0 Å². The lowest BCUT2D eigenvalue weighted by Crippen LogP contribution is -2.49. The maximum Gasteiger partial charge on any atom is 0.335 e. The Morgan fingerprint density at radius 1 is 1.35 bits per heavy atom. The number of aromatic carboxylic acids is 1. The summed E-state index contributed by atoms with van der Waals surface area (Å²) in [5.74, 6) is -1.19. The Morgan fingerprint density at radius 2 is 2.06 bits per heavy atom. The monoisotopic (exact) mass is 235 g/mol. The largest absolute Gasteiger partial charge is 0.478 e. The molecule has 0 radical (unpaired) electrons. The summed E-state index contributed by atoms with van der Waals surface area (Å²) in [4.78, 5) is 22.6. The average Bonchev–Trinajstić information content (AvgIpc) is 2.24.